The molecule has 1 heterocycles. The smallest absolute Gasteiger partial charge is 0.272 e. The zero-order valence-corrected chi connectivity index (χ0v) is 12.5. The summed E-state index contributed by atoms with van der Waals surface area (Å²) in [6, 6.07) is 11.8. The molecule has 7 nitrogen and oxygen atoms in total. The fourth-order valence-electron chi connectivity index (χ4n) is 2.50. The normalized spacial score (nSPS) is 10.8. The zero-order chi connectivity index (χ0) is 16.4. The molecule has 0 atom stereocenters. The van der Waals surface area contributed by atoms with Crippen LogP contribution in [0.4, 0.5) is 5.69 Å². The third-order valence-electron chi connectivity index (χ3n) is 3.75. The third-order valence-corrected chi connectivity index (χ3v) is 3.75. The van der Waals surface area contributed by atoms with Crippen molar-refractivity contribution in [2.24, 2.45) is 0 Å². The Labute approximate surface area is 131 Å². The van der Waals surface area contributed by atoms with Gasteiger partial charge in [0.15, 0.2) is 0 Å². The maximum Gasteiger partial charge on any atom is 0.272 e. The number of fused-ring (bicyclic) bond motifs is 1. The molecule has 0 saturated carbocycles. The van der Waals surface area contributed by atoms with Crippen LogP contribution in [0.5, 0.6) is 5.75 Å². The highest BCUT2D eigenvalue weighted by atomic mass is 16.6. The fourth-order valence-corrected chi connectivity index (χ4v) is 2.50. The van der Waals surface area contributed by atoms with Gasteiger partial charge in [0, 0.05) is 18.7 Å². The molecule has 1 N–H and O–H groups in total. The van der Waals surface area contributed by atoms with E-state index in [0.717, 1.165) is 11.1 Å². The van der Waals surface area contributed by atoms with E-state index in [-0.39, 0.29) is 11.2 Å². The molecule has 0 radical (unpaired) electrons. The van der Waals surface area contributed by atoms with Gasteiger partial charge in [0.2, 0.25) is 0 Å². The quantitative estimate of drug-likeness (QED) is 0.579. The highest BCUT2D eigenvalue weighted by Gasteiger charge is 2.08. The maximum absolute atomic E-state index is 12.0. The number of hydrogen-bond donors (Lipinski definition) is 1. The number of nitrogens with zero attached hydrogens (tertiary/aromatic N) is 2. The summed E-state index contributed by atoms with van der Waals surface area (Å²) in [5.74, 6) is 0.635. The number of aromatic amines is 1. The summed E-state index contributed by atoms with van der Waals surface area (Å²) in [7, 11) is 1.56. The molecule has 0 fully saturated rings. The van der Waals surface area contributed by atoms with E-state index >= 15 is 0 Å². The highest BCUT2D eigenvalue weighted by molar-refractivity contribution is 5.80. The van der Waals surface area contributed by atoms with Gasteiger partial charge >= 0.3 is 0 Å². The Morgan fingerprint density at radius 2 is 1.96 bits per heavy atom. The second-order valence-electron chi connectivity index (χ2n) is 5.15. The minimum atomic E-state index is -0.423. The van der Waals surface area contributed by atoms with E-state index in [1.807, 2.05) is 6.07 Å². The molecule has 0 saturated heterocycles. The predicted molar refractivity (Wildman–Crippen MR) is 85.9 cm³/mol. The summed E-state index contributed by atoms with van der Waals surface area (Å²) < 4.78 is 6.91. The van der Waals surface area contributed by atoms with Crippen LogP contribution in [0.15, 0.2) is 47.3 Å². The van der Waals surface area contributed by atoms with Crippen LogP contribution in [-0.2, 0) is 13.0 Å². The van der Waals surface area contributed by atoms with Crippen LogP contribution in [0, 0.1) is 10.1 Å². The van der Waals surface area contributed by atoms with Crippen LogP contribution >= 0.6 is 0 Å². The average molecular weight is 313 g/mol. The molecule has 2 aromatic carbocycles. The van der Waals surface area contributed by atoms with Gasteiger partial charge in [-0.3, -0.25) is 24.7 Å². The van der Waals surface area contributed by atoms with E-state index in [1.54, 1.807) is 36.1 Å². The van der Waals surface area contributed by atoms with Crippen LogP contribution in [0.3, 0.4) is 0 Å². The highest BCUT2D eigenvalue weighted by Crippen LogP contribution is 2.18. The molecule has 0 aliphatic carbocycles. The monoisotopic (exact) mass is 313 g/mol. The second kappa shape index (κ2) is 5.96. The maximum atomic E-state index is 12.0. The van der Waals surface area contributed by atoms with Crippen molar-refractivity contribution in [2.45, 2.75) is 13.0 Å². The van der Waals surface area contributed by atoms with E-state index in [4.69, 9.17) is 4.74 Å². The van der Waals surface area contributed by atoms with Crippen molar-refractivity contribution in [2.75, 3.05) is 7.11 Å². The lowest BCUT2D eigenvalue weighted by atomic mass is 10.1. The van der Waals surface area contributed by atoms with Gasteiger partial charge in [-0.1, -0.05) is 12.1 Å². The number of methoxy groups -OCH3 is 1. The van der Waals surface area contributed by atoms with Gasteiger partial charge in [-0.2, -0.15) is 0 Å². The minimum Gasteiger partial charge on any atom is -0.497 e. The minimum absolute atomic E-state index is 0.0701. The molecule has 23 heavy (non-hydrogen) atoms. The molecule has 1 aromatic heterocycles. The first kappa shape index (κ1) is 14.8. The molecule has 3 rings (SSSR count). The number of hydrogen-bond acceptors (Lipinski definition) is 4. The Bertz CT molecular complexity index is 909. The standard InChI is InChI=1S/C16H15N3O4/c1-23-13-6-7-15-14(10-13)16(20)17-18(15)9-8-11-2-4-12(5-3-11)19(21)22/h2-7,10H,8-9H2,1H3,(H,17,20). The number of aromatic nitrogens is 2. The molecule has 0 bridgehead atoms. The Morgan fingerprint density at radius 1 is 1.22 bits per heavy atom. The van der Waals surface area contributed by atoms with E-state index in [2.05, 4.69) is 5.10 Å². The molecular weight excluding hydrogens is 298 g/mol. The van der Waals surface area contributed by atoms with Crippen molar-refractivity contribution in [3.63, 3.8) is 0 Å². The average Bonchev–Trinajstić information content (AvgIpc) is 2.89. The van der Waals surface area contributed by atoms with E-state index in [1.165, 1.54) is 12.1 Å². The predicted octanol–water partition coefficient (Wildman–Crippen LogP) is 2.49. The van der Waals surface area contributed by atoms with Gasteiger partial charge < -0.3 is 4.74 Å². The van der Waals surface area contributed by atoms with E-state index < -0.39 is 4.92 Å². The number of nitrogens with one attached hydrogen (secondary N) is 1. The first-order valence-corrected chi connectivity index (χ1v) is 7.08. The molecule has 0 spiro atoms. The Balaban J connectivity index is 1.82. The van der Waals surface area contributed by atoms with Crippen LogP contribution < -0.4 is 10.3 Å². The molecule has 0 amide bonds. The molecule has 3 aromatic rings. The lowest BCUT2D eigenvalue weighted by Crippen LogP contribution is -2.07. The Kier molecular flexibility index (Phi) is 3.84. The van der Waals surface area contributed by atoms with Crippen molar-refractivity contribution in [1.29, 1.82) is 0 Å². The van der Waals surface area contributed by atoms with Gasteiger partial charge in [0.25, 0.3) is 11.2 Å². The Hall–Kier alpha value is -3.09. The third kappa shape index (κ3) is 2.94. The molecule has 118 valence electrons. The summed E-state index contributed by atoms with van der Waals surface area (Å²) in [4.78, 5) is 22.2. The van der Waals surface area contributed by atoms with Gasteiger partial charge in [0.1, 0.15) is 5.75 Å². The number of nitro benzene ring substituents is 1. The first-order chi connectivity index (χ1) is 11.1. The van der Waals surface area contributed by atoms with Crippen LogP contribution in [0.2, 0.25) is 0 Å². The summed E-state index contributed by atoms with van der Waals surface area (Å²) in [5.41, 5.74) is 1.67. The van der Waals surface area contributed by atoms with Crippen molar-refractivity contribution < 1.29 is 9.66 Å². The number of aryl methyl sites for hydroxylation is 2. The van der Waals surface area contributed by atoms with Crippen LogP contribution in [0.1, 0.15) is 5.56 Å². The number of rotatable bonds is 5. The second-order valence-corrected chi connectivity index (χ2v) is 5.15. The number of nitro groups is 1. The van der Waals surface area contributed by atoms with Gasteiger partial charge in [0.05, 0.1) is 22.9 Å². The van der Waals surface area contributed by atoms with Crippen molar-refractivity contribution in [1.82, 2.24) is 9.78 Å². The van der Waals surface area contributed by atoms with Crippen LogP contribution in [0.25, 0.3) is 10.9 Å². The molecule has 0 unspecified atom stereocenters. The zero-order valence-electron chi connectivity index (χ0n) is 12.5. The van der Waals surface area contributed by atoms with Crippen LogP contribution in [-0.4, -0.2) is 21.8 Å². The number of benzene rings is 2. The summed E-state index contributed by atoms with van der Waals surface area (Å²) in [6.45, 7) is 0.572. The topological polar surface area (TPSA) is 90.2 Å². The van der Waals surface area contributed by atoms with Gasteiger partial charge in [-0.15, -0.1) is 0 Å². The van der Waals surface area contributed by atoms with E-state index in [0.29, 0.717) is 24.1 Å². The lowest BCUT2D eigenvalue weighted by Gasteiger charge is -2.05. The molecule has 0 aliphatic heterocycles. The molecular formula is C16H15N3O4. The number of ether oxygens (including phenoxy) is 1. The fraction of sp³-hybridized carbons (Fsp3) is 0.188. The van der Waals surface area contributed by atoms with Gasteiger partial charge in [-0.25, -0.2) is 0 Å². The lowest BCUT2D eigenvalue weighted by molar-refractivity contribution is -0.384. The number of H-pyrrole nitrogens is 1. The summed E-state index contributed by atoms with van der Waals surface area (Å²) in [6.07, 6.45) is 0.656. The largest absolute Gasteiger partial charge is 0.497 e. The van der Waals surface area contributed by atoms with Crippen molar-refractivity contribution in [3.05, 3.63) is 68.5 Å². The Morgan fingerprint density at radius 3 is 2.61 bits per heavy atom. The number of non-ortho nitro benzene ring substituents is 1. The molecule has 7 heteroatoms. The van der Waals surface area contributed by atoms with E-state index in [9.17, 15) is 14.9 Å². The van der Waals surface area contributed by atoms with Crippen molar-refractivity contribution >= 4 is 16.6 Å². The van der Waals surface area contributed by atoms with Gasteiger partial charge in [-0.05, 0) is 30.2 Å². The summed E-state index contributed by atoms with van der Waals surface area (Å²) in [5, 5.41) is 14.0. The SMILES string of the molecule is COc1ccc2c(c1)c(=O)[nH]n2CCc1ccc([N+](=O)[O-])cc1. The summed E-state index contributed by atoms with van der Waals surface area (Å²) >= 11 is 0. The molecule has 0 aliphatic rings. The first-order valence-electron chi connectivity index (χ1n) is 7.08. The van der Waals surface area contributed by atoms with Crippen molar-refractivity contribution in [3.8, 4) is 5.75 Å².